The zero-order valence-corrected chi connectivity index (χ0v) is 34.4. The van der Waals surface area contributed by atoms with Gasteiger partial charge in [0.2, 0.25) is 0 Å². The van der Waals surface area contributed by atoms with Crippen molar-refractivity contribution >= 4 is 49.9 Å². The van der Waals surface area contributed by atoms with Gasteiger partial charge in [0.05, 0.1) is 11.0 Å². The molecule has 8 aromatic rings. The number of aromatic nitrogens is 2. The standard InChI is InChI=1S/C56H44N2S/c1-4-5-12-36(37-13-10-14-38(32-37)39-24-27-43-42-15-6-7-17-47(42)53-54(49(43)33-39)58-30-29-57-53)23-21-35-22-26-44-45-28-25-40(34-51(45)56(2,3)50(44)31-35)41-18-11-19-48-46-16-8-9-20-52(46)59-55(41)48/h5-20,22-34,46,52H,4,21H2,1-3H3/b12-5-,36-23+. The van der Waals surface area contributed by atoms with Crippen molar-refractivity contribution in [3.05, 3.63) is 204 Å². The molecular weight excluding hydrogens is 733 g/mol. The van der Waals surface area contributed by atoms with Crippen LogP contribution in [-0.4, -0.2) is 15.2 Å². The fraction of sp³-hybridized carbons (Fsp3) is 0.143. The summed E-state index contributed by atoms with van der Waals surface area (Å²) in [5.41, 5.74) is 17.6. The Morgan fingerprint density at radius 2 is 1.37 bits per heavy atom. The van der Waals surface area contributed by atoms with Gasteiger partial charge < -0.3 is 0 Å². The van der Waals surface area contributed by atoms with E-state index in [9.17, 15) is 0 Å². The first-order chi connectivity index (χ1) is 29.0. The molecule has 0 amide bonds. The quantitative estimate of drug-likeness (QED) is 0.119. The maximum absolute atomic E-state index is 4.82. The van der Waals surface area contributed by atoms with Crippen LogP contribution in [0.25, 0.3) is 71.5 Å². The molecule has 0 N–H and O–H groups in total. The topological polar surface area (TPSA) is 25.8 Å². The van der Waals surface area contributed by atoms with Crippen molar-refractivity contribution in [2.24, 2.45) is 0 Å². The second kappa shape index (κ2) is 14.2. The third-order valence-electron chi connectivity index (χ3n) is 12.9. The van der Waals surface area contributed by atoms with E-state index >= 15 is 0 Å². The molecule has 0 saturated carbocycles. The highest BCUT2D eigenvalue weighted by Gasteiger charge is 2.37. The minimum absolute atomic E-state index is 0.104. The van der Waals surface area contributed by atoms with E-state index in [1.165, 1.54) is 82.4 Å². The summed E-state index contributed by atoms with van der Waals surface area (Å²) in [7, 11) is 0. The lowest BCUT2D eigenvalue weighted by molar-refractivity contribution is 0.659. The Hall–Kier alpha value is -6.29. The first-order valence-electron chi connectivity index (χ1n) is 20.9. The van der Waals surface area contributed by atoms with Gasteiger partial charge in [-0.1, -0.05) is 166 Å². The number of hydrogen-bond donors (Lipinski definition) is 0. The van der Waals surface area contributed by atoms with Crippen molar-refractivity contribution in [2.45, 2.75) is 55.1 Å². The van der Waals surface area contributed by atoms with Crippen molar-refractivity contribution in [3.8, 4) is 33.4 Å². The number of benzene rings is 7. The summed E-state index contributed by atoms with van der Waals surface area (Å²) in [4.78, 5) is 11.0. The summed E-state index contributed by atoms with van der Waals surface area (Å²) in [5, 5.41) is 5.16. The Kier molecular flexibility index (Phi) is 8.64. The predicted octanol–water partition coefficient (Wildman–Crippen LogP) is 14.9. The van der Waals surface area contributed by atoms with Gasteiger partial charge in [0, 0.05) is 44.6 Å². The van der Waals surface area contributed by atoms with Gasteiger partial charge in [-0.2, -0.15) is 0 Å². The van der Waals surface area contributed by atoms with Crippen LogP contribution in [0.15, 0.2) is 181 Å². The molecule has 2 unspecified atom stereocenters. The molecule has 3 aliphatic rings. The van der Waals surface area contributed by atoms with E-state index in [0.29, 0.717) is 11.2 Å². The number of allylic oxidation sites excluding steroid dienone is 7. The maximum Gasteiger partial charge on any atom is 0.0971 e. The van der Waals surface area contributed by atoms with Crippen molar-refractivity contribution < 1.29 is 0 Å². The lowest BCUT2D eigenvalue weighted by Gasteiger charge is -2.23. The summed E-state index contributed by atoms with van der Waals surface area (Å²) in [6.45, 7) is 7.01. The first-order valence-corrected chi connectivity index (χ1v) is 21.8. The third-order valence-corrected chi connectivity index (χ3v) is 14.3. The molecule has 0 radical (unpaired) electrons. The second-order valence-corrected chi connectivity index (χ2v) is 17.9. The van der Waals surface area contributed by atoms with Gasteiger partial charge in [0.15, 0.2) is 0 Å². The van der Waals surface area contributed by atoms with Crippen LogP contribution in [-0.2, 0) is 11.8 Å². The molecule has 1 aliphatic heterocycles. The Labute approximate surface area is 350 Å². The van der Waals surface area contributed by atoms with E-state index in [0.717, 1.165) is 34.6 Å². The van der Waals surface area contributed by atoms with Crippen molar-refractivity contribution in [3.63, 3.8) is 0 Å². The average molecular weight is 777 g/mol. The van der Waals surface area contributed by atoms with Crippen LogP contribution in [0.1, 0.15) is 60.9 Å². The van der Waals surface area contributed by atoms with Gasteiger partial charge in [-0.15, -0.1) is 11.8 Å². The Balaban J connectivity index is 0.907. The highest BCUT2D eigenvalue weighted by molar-refractivity contribution is 8.00. The fourth-order valence-electron chi connectivity index (χ4n) is 9.82. The fourth-order valence-corrected chi connectivity index (χ4v) is 11.3. The molecule has 59 heavy (non-hydrogen) atoms. The molecule has 284 valence electrons. The first kappa shape index (κ1) is 35.8. The summed E-state index contributed by atoms with van der Waals surface area (Å²) in [6, 6.07) is 45.6. The van der Waals surface area contributed by atoms with Gasteiger partial charge in [-0.3, -0.25) is 9.97 Å². The Morgan fingerprint density at radius 3 is 2.24 bits per heavy atom. The van der Waals surface area contributed by atoms with Crippen LogP contribution >= 0.6 is 11.8 Å². The Bertz CT molecular complexity index is 3110. The maximum atomic E-state index is 4.82. The lowest BCUT2D eigenvalue weighted by atomic mass is 9.81. The normalized spacial score (nSPS) is 17.5. The SMILES string of the molecule is CC/C=C\C(=C/Cc1ccc2c(c1)C(C)(C)c1cc(-c3cccc4c3SC3C=CC=CC43)ccc1-2)c1cccc(-c2ccc3c4ccccc4c4nccnc4c3c2)c1. The largest absolute Gasteiger partial charge is 0.252 e. The van der Waals surface area contributed by atoms with Crippen LogP contribution in [0.4, 0.5) is 0 Å². The second-order valence-electron chi connectivity index (χ2n) is 16.7. The summed E-state index contributed by atoms with van der Waals surface area (Å²) < 4.78 is 0. The van der Waals surface area contributed by atoms with Crippen LogP contribution in [0.5, 0.6) is 0 Å². The zero-order valence-electron chi connectivity index (χ0n) is 33.6. The lowest BCUT2D eigenvalue weighted by Crippen LogP contribution is -2.15. The molecule has 0 saturated heterocycles. The minimum Gasteiger partial charge on any atom is -0.252 e. The highest BCUT2D eigenvalue weighted by atomic mass is 32.2. The molecule has 2 heterocycles. The van der Waals surface area contributed by atoms with Gasteiger partial charge in [-0.05, 0) is 109 Å². The van der Waals surface area contributed by atoms with E-state index in [1.54, 1.807) is 12.4 Å². The van der Waals surface area contributed by atoms with Gasteiger partial charge in [0.1, 0.15) is 0 Å². The van der Waals surface area contributed by atoms with E-state index in [4.69, 9.17) is 9.97 Å². The number of hydrogen-bond acceptors (Lipinski definition) is 3. The summed E-state index contributed by atoms with van der Waals surface area (Å²) in [6.07, 6.45) is 21.5. The van der Waals surface area contributed by atoms with E-state index < -0.39 is 0 Å². The zero-order chi connectivity index (χ0) is 39.7. The molecular formula is C56H44N2S. The third kappa shape index (κ3) is 5.94. The number of thioether (sulfide) groups is 1. The molecule has 1 aromatic heterocycles. The molecule has 2 aliphatic carbocycles. The van der Waals surface area contributed by atoms with Crippen molar-refractivity contribution in [2.75, 3.05) is 0 Å². The van der Waals surface area contributed by atoms with Gasteiger partial charge in [0.25, 0.3) is 0 Å². The molecule has 2 atom stereocenters. The van der Waals surface area contributed by atoms with Crippen LogP contribution in [0.3, 0.4) is 0 Å². The van der Waals surface area contributed by atoms with Crippen molar-refractivity contribution in [1.29, 1.82) is 0 Å². The molecule has 0 fully saturated rings. The van der Waals surface area contributed by atoms with Crippen LogP contribution in [0, 0.1) is 0 Å². The highest BCUT2D eigenvalue weighted by Crippen LogP contribution is 2.54. The van der Waals surface area contributed by atoms with Crippen LogP contribution in [0.2, 0.25) is 0 Å². The summed E-state index contributed by atoms with van der Waals surface area (Å²) in [5.74, 6) is 0.465. The smallest absolute Gasteiger partial charge is 0.0971 e. The van der Waals surface area contributed by atoms with Crippen molar-refractivity contribution in [1.82, 2.24) is 9.97 Å². The summed E-state index contributed by atoms with van der Waals surface area (Å²) >= 11 is 2.02. The van der Waals surface area contributed by atoms with Gasteiger partial charge in [-0.25, -0.2) is 0 Å². The van der Waals surface area contributed by atoms with Gasteiger partial charge >= 0.3 is 0 Å². The monoisotopic (exact) mass is 776 g/mol. The van der Waals surface area contributed by atoms with E-state index in [2.05, 4.69) is 185 Å². The van der Waals surface area contributed by atoms with E-state index in [-0.39, 0.29) is 5.41 Å². The van der Waals surface area contributed by atoms with E-state index in [1.807, 2.05) is 11.8 Å². The molecule has 7 aromatic carbocycles. The number of nitrogens with zero attached hydrogens (tertiary/aromatic N) is 2. The molecule has 2 nitrogen and oxygen atoms in total. The molecule has 0 spiro atoms. The number of rotatable bonds is 7. The average Bonchev–Trinajstić information content (AvgIpc) is 3.78. The van der Waals surface area contributed by atoms with Crippen LogP contribution < -0.4 is 0 Å². The Morgan fingerprint density at radius 1 is 0.644 bits per heavy atom. The minimum atomic E-state index is -0.104. The molecule has 0 bridgehead atoms. The number of fused-ring (bicyclic) bond motifs is 12. The predicted molar refractivity (Wildman–Crippen MR) is 251 cm³/mol. The molecule has 3 heteroatoms. The molecule has 11 rings (SSSR count).